The first-order valence-corrected chi connectivity index (χ1v) is 10.9. The third-order valence-corrected chi connectivity index (χ3v) is 3.95. The van der Waals surface area contributed by atoms with Crippen LogP contribution in [0.5, 0.6) is 0 Å². The summed E-state index contributed by atoms with van der Waals surface area (Å²) in [5, 5.41) is 0. The summed E-state index contributed by atoms with van der Waals surface area (Å²) >= 11 is 18.8. The van der Waals surface area contributed by atoms with Crippen molar-refractivity contribution in [1.29, 1.82) is 0 Å². The summed E-state index contributed by atoms with van der Waals surface area (Å²) in [5.74, 6) is -1.14. The molecule has 0 saturated carbocycles. The smallest absolute Gasteiger partial charge is 0.410 e. The Morgan fingerprint density at radius 1 is 0.586 bits per heavy atom. The minimum absolute atomic E-state index is 0. The van der Waals surface area contributed by atoms with E-state index in [4.69, 9.17) is 49.7 Å². The maximum absolute atomic E-state index is 11.5. The molecule has 0 aliphatic heterocycles. The molecule has 29 heavy (non-hydrogen) atoms. The first-order chi connectivity index (χ1) is 13.1. The van der Waals surface area contributed by atoms with E-state index in [0.717, 1.165) is 9.80 Å². The zero-order valence-corrected chi connectivity index (χ0v) is 23.8. The van der Waals surface area contributed by atoms with Crippen LogP contribution in [-0.2, 0) is 63.9 Å². The van der Waals surface area contributed by atoms with Gasteiger partial charge in [0, 0.05) is 25.7 Å². The van der Waals surface area contributed by atoms with E-state index in [1.807, 2.05) is 27.7 Å². The molecule has 0 unspecified atom stereocenters. The largest absolute Gasteiger partial charge is 2.00 e. The second kappa shape index (κ2) is 19.5. The van der Waals surface area contributed by atoms with Crippen LogP contribution in [0.4, 0.5) is 0 Å². The van der Waals surface area contributed by atoms with Gasteiger partial charge in [0.1, 0.15) is 0 Å². The fourth-order valence-electron chi connectivity index (χ4n) is 1.99. The number of imide groups is 2. The molecule has 0 aliphatic rings. The van der Waals surface area contributed by atoms with Crippen molar-refractivity contribution < 1.29 is 38.7 Å². The van der Waals surface area contributed by atoms with Gasteiger partial charge in [-0.2, -0.15) is 0 Å². The predicted molar refractivity (Wildman–Crippen MR) is 123 cm³/mol. The van der Waals surface area contributed by atoms with Gasteiger partial charge in [-0.15, -0.1) is 0 Å². The molecule has 0 fully saturated rings. The number of amides is 4. The Hall–Kier alpha value is -0.477. The van der Waals surface area contributed by atoms with Crippen LogP contribution in [-0.4, -0.2) is 42.1 Å². The molecule has 160 valence electrons. The molecule has 0 aromatic rings. The Morgan fingerprint density at radius 3 is 0.862 bits per heavy atom. The maximum atomic E-state index is 11.5. The molecule has 6 nitrogen and oxygen atoms in total. The van der Waals surface area contributed by atoms with Crippen molar-refractivity contribution in [3.63, 3.8) is 0 Å². The first kappa shape index (κ1) is 33.2. The molecule has 0 radical (unpaired) electrons. The van der Waals surface area contributed by atoms with Crippen molar-refractivity contribution in [1.82, 2.24) is 9.80 Å². The molecule has 0 N–H and O–H groups in total. The Labute approximate surface area is 208 Å². The van der Waals surface area contributed by atoms with Crippen LogP contribution in [0.25, 0.3) is 0 Å². The number of thiocarbonyl (C=S) groups is 2. The Bertz CT molecular complexity index is 502. The minimum atomic E-state index is -0.286. The van der Waals surface area contributed by atoms with E-state index in [-0.39, 0.29) is 51.7 Å². The van der Waals surface area contributed by atoms with Crippen molar-refractivity contribution in [2.75, 3.05) is 0 Å². The van der Waals surface area contributed by atoms with E-state index in [1.54, 1.807) is 0 Å². The molecule has 0 heterocycles. The fourth-order valence-corrected chi connectivity index (χ4v) is 2.80. The molecule has 0 rings (SSSR count). The van der Waals surface area contributed by atoms with E-state index in [1.165, 1.54) is 0 Å². The average Bonchev–Trinajstić information content (AvgIpc) is 2.55. The number of carbonyl (C=O) groups is 4. The van der Waals surface area contributed by atoms with E-state index in [0.29, 0.717) is 51.4 Å². The summed E-state index contributed by atoms with van der Waals surface area (Å²) in [4.78, 5) is 47.7. The molecular weight excluding hydrogens is 502 g/mol. The second-order valence-electron chi connectivity index (χ2n) is 5.78. The summed E-state index contributed by atoms with van der Waals surface area (Å²) in [7, 11) is 0. The van der Waals surface area contributed by atoms with Gasteiger partial charge in [0.15, 0.2) is 0 Å². The number of hydrogen-bond acceptors (Lipinski definition) is 8. The molecule has 0 bridgehead atoms. The quantitative estimate of drug-likeness (QED) is 0.268. The Kier molecular flexibility index (Phi) is 22.3. The van der Waals surface area contributed by atoms with E-state index in [2.05, 4.69) is 0 Å². The normalized spacial score (nSPS) is 9.24. The summed E-state index contributed by atoms with van der Waals surface area (Å²) in [5.41, 5.74) is 0. The monoisotopic (exact) mass is 528 g/mol. The van der Waals surface area contributed by atoms with Crippen LogP contribution in [0.3, 0.4) is 0 Å². The first-order valence-electron chi connectivity index (χ1n) is 9.22. The van der Waals surface area contributed by atoms with E-state index >= 15 is 0 Å². The van der Waals surface area contributed by atoms with Gasteiger partial charge in [0.05, 0.1) is 0 Å². The van der Waals surface area contributed by atoms with Crippen molar-refractivity contribution in [2.45, 2.75) is 79.1 Å². The molecule has 0 saturated heterocycles. The van der Waals surface area contributed by atoms with Crippen LogP contribution in [0, 0.1) is 0 Å². The van der Waals surface area contributed by atoms with Gasteiger partial charge in [-0.3, -0.25) is 29.0 Å². The maximum Gasteiger partial charge on any atom is 2.00 e. The van der Waals surface area contributed by atoms with Gasteiger partial charge in [-0.1, -0.05) is 27.7 Å². The van der Waals surface area contributed by atoms with E-state index < -0.39 is 0 Å². The molecule has 0 aromatic heterocycles. The number of carbonyl (C=O) groups excluding carboxylic acids is 4. The fraction of sp³-hybridized carbons (Fsp3) is 0.667. The van der Waals surface area contributed by atoms with Crippen LogP contribution < -0.4 is 0 Å². The number of rotatable bonds is 8. The van der Waals surface area contributed by atoms with Gasteiger partial charge >= 0.3 is 19.5 Å². The van der Waals surface area contributed by atoms with Crippen LogP contribution in [0.15, 0.2) is 0 Å². The zero-order chi connectivity index (χ0) is 22.3. The second-order valence-corrected chi connectivity index (χ2v) is 7.84. The summed E-state index contributed by atoms with van der Waals surface area (Å²) < 4.78 is -0.135. The number of hydrogen-bond donors (Lipinski definition) is 0. The van der Waals surface area contributed by atoms with Crippen molar-refractivity contribution in [3.8, 4) is 0 Å². The topological polar surface area (TPSA) is 74.8 Å². The average molecular weight is 530 g/mol. The molecule has 0 atom stereocenters. The summed E-state index contributed by atoms with van der Waals surface area (Å²) in [6, 6.07) is 0. The van der Waals surface area contributed by atoms with Crippen molar-refractivity contribution in [2.24, 2.45) is 0 Å². The molecule has 4 amide bonds. The van der Waals surface area contributed by atoms with Gasteiger partial charge in [0.25, 0.3) is 0 Å². The zero-order valence-electron chi connectivity index (χ0n) is 17.5. The van der Waals surface area contributed by atoms with Gasteiger partial charge in [0.2, 0.25) is 23.6 Å². The summed E-state index contributed by atoms with van der Waals surface area (Å²) in [6.07, 6.45) is 4.00. The van der Waals surface area contributed by atoms with Gasteiger partial charge < -0.3 is 49.7 Å². The number of nitrogens with zero attached hydrogens (tertiary/aromatic N) is 2. The molecule has 0 spiro atoms. The molecule has 0 aromatic carbocycles. The SMILES string of the molecule is CCCC(=O)N(C(=O)CCC)C(=S)[S-].CCCC(=O)N(C(=O)CCC)C(=S)[S-].[Zn+2]. The standard InChI is InChI=1S/2C9H15NO2S2.Zn/c2*1-3-5-7(11)10(9(13)14)8(12)6-4-2;/h2*3-6H2,1-2H3,(H,13,14);/q;;+2/p-2. The molecular formula is C18H28N2O4S4Zn. The third-order valence-electron chi connectivity index (χ3n) is 3.22. The molecule has 0 aliphatic carbocycles. The summed E-state index contributed by atoms with van der Waals surface area (Å²) in [6.45, 7) is 7.47. The van der Waals surface area contributed by atoms with Crippen LogP contribution in [0.2, 0.25) is 0 Å². The van der Waals surface area contributed by atoms with Crippen molar-refractivity contribution >= 4 is 82.0 Å². The van der Waals surface area contributed by atoms with Crippen LogP contribution in [0.1, 0.15) is 79.1 Å². The van der Waals surface area contributed by atoms with Gasteiger partial charge in [-0.25, -0.2) is 0 Å². The van der Waals surface area contributed by atoms with E-state index in [9.17, 15) is 19.2 Å². The Morgan fingerprint density at radius 2 is 0.759 bits per heavy atom. The predicted octanol–water partition coefficient (Wildman–Crippen LogP) is 3.54. The van der Waals surface area contributed by atoms with Gasteiger partial charge in [-0.05, 0) is 34.3 Å². The Balaban J connectivity index is -0.000000451. The minimum Gasteiger partial charge on any atom is -0.410 e. The molecule has 11 heteroatoms. The third kappa shape index (κ3) is 14.2. The van der Waals surface area contributed by atoms with Crippen molar-refractivity contribution in [3.05, 3.63) is 0 Å². The van der Waals surface area contributed by atoms with Crippen LogP contribution >= 0.6 is 24.4 Å².